The zero-order chi connectivity index (χ0) is 12.6. The van der Waals surface area contributed by atoms with E-state index in [9.17, 15) is 0 Å². The molecule has 1 heterocycles. The summed E-state index contributed by atoms with van der Waals surface area (Å²) in [5.74, 6) is 6.17. The number of nitrogens with one attached hydrogen (secondary N) is 2. The molecular formula is C12H22N6. The van der Waals surface area contributed by atoms with Gasteiger partial charge < -0.3 is 5.32 Å². The van der Waals surface area contributed by atoms with Crippen LogP contribution in [-0.4, -0.2) is 28.3 Å². The van der Waals surface area contributed by atoms with E-state index in [2.05, 4.69) is 20.8 Å². The fourth-order valence-corrected chi connectivity index (χ4v) is 2.27. The molecule has 18 heavy (non-hydrogen) atoms. The van der Waals surface area contributed by atoms with Gasteiger partial charge in [-0.15, -0.1) is 0 Å². The topological polar surface area (TPSA) is 80.3 Å². The highest BCUT2D eigenvalue weighted by atomic mass is 15.3. The molecule has 0 bridgehead atoms. The molecule has 2 rings (SSSR count). The number of aromatic nitrogens is 2. The van der Waals surface area contributed by atoms with Crippen LogP contribution >= 0.6 is 0 Å². The first kappa shape index (κ1) is 12.9. The van der Waals surface area contributed by atoms with E-state index in [0.717, 1.165) is 6.54 Å². The molecular weight excluding hydrogens is 228 g/mol. The SMILES string of the molecule is NNC(=NCCn1cccn1)NC1CCCCC1. The minimum atomic E-state index is 0.512. The summed E-state index contributed by atoms with van der Waals surface area (Å²) in [7, 11) is 0. The largest absolute Gasteiger partial charge is 0.353 e. The van der Waals surface area contributed by atoms with Crippen molar-refractivity contribution >= 4 is 5.96 Å². The Morgan fingerprint density at radius 2 is 2.22 bits per heavy atom. The van der Waals surface area contributed by atoms with Gasteiger partial charge in [0.2, 0.25) is 5.96 Å². The smallest absolute Gasteiger partial charge is 0.206 e. The quantitative estimate of drug-likeness (QED) is 0.317. The van der Waals surface area contributed by atoms with Gasteiger partial charge in [0.1, 0.15) is 0 Å². The van der Waals surface area contributed by atoms with Gasteiger partial charge in [0.05, 0.1) is 13.1 Å². The van der Waals surface area contributed by atoms with Gasteiger partial charge in [0.15, 0.2) is 0 Å². The normalized spacial score (nSPS) is 17.7. The van der Waals surface area contributed by atoms with Crippen molar-refractivity contribution < 1.29 is 0 Å². The number of hydrogen-bond donors (Lipinski definition) is 3. The second kappa shape index (κ2) is 7.00. The lowest BCUT2D eigenvalue weighted by Gasteiger charge is -2.24. The predicted molar refractivity (Wildman–Crippen MR) is 71.9 cm³/mol. The van der Waals surface area contributed by atoms with Crippen molar-refractivity contribution in [1.29, 1.82) is 0 Å². The zero-order valence-electron chi connectivity index (χ0n) is 10.7. The maximum Gasteiger partial charge on any atom is 0.206 e. The number of hydrazine groups is 1. The van der Waals surface area contributed by atoms with Crippen LogP contribution in [0.15, 0.2) is 23.5 Å². The molecule has 0 unspecified atom stereocenters. The zero-order valence-corrected chi connectivity index (χ0v) is 10.7. The average molecular weight is 250 g/mol. The van der Waals surface area contributed by atoms with Crippen LogP contribution in [0.1, 0.15) is 32.1 Å². The molecule has 1 aromatic heterocycles. The Kier molecular flexibility index (Phi) is 5.01. The lowest BCUT2D eigenvalue weighted by molar-refractivity contribution is 0.410. The van der Waals surface area contributed by atoms with Crippen molar-refractivity contribution in [1.82, 2.24) is 20.5 Å². The Balaban J connectivity index is 1.76. The summed E-state index contributed by atoms with van der Waals surface area (Å²) in [4.78, 5) is 4.42. The molecule has 1 aliphatic rings. The first-order valence-electron chi connectivity index (χ1n) is 6.63. The van der Waals surface area contributed by atoms with Gasteiger partial charge in [0.25, 0.3) is 0 Å². The monoisotopic (exact) mass is 250 g/mol. The average Bonchev–Trinajstić information content (AvgIpc) is 2.92. The third-order valence-corrected chi connectivity index (χ3v) is 3.24. The van der Waals surface area contributed by atoms with Crippen molar-refractivity contribution in [3.05, 3.63) is 18.5 Å². The van der Waals surface area contributed by atoms with Crippen LogP contribution in [0.2, 0.25) is 0 Å². The van der Waals surface area contributed by atoms with Gasteiger partial charge in [-0.1, -0.05) is 19.3 Å². The van der Waals surface area contributed by atoms with Crippen molar-refractivity contribution in [3.8, 4) is 0 Å². The standard InChI is InChI=1S/C12H22N6/c13-17-12(16-11-5-2-1-3-6-11)14-8-10-18-9-4-7-15-18/h4,7,9,11H,1-3,5-6,8,10,13H2,(H2,14,16,17). The van der Waals surface area contributed by atoms with Crippen molar-refractivity contribution in [3.63, 3.8) is 0 Å². The fraction of sp³-hybridized carbons (Fsp3) is 0.667. The maximum absolute atomic E-state index is 5.48. The molecule has 0 aliphatic heterocycles. The minimum Gasteiger partial charge on any atom is -0.353 e. The van der Waals surface area contributed by atoms with Gasteiger partial charge in [-0.2, -0.15) is 5.10 Å². The first-order valence-corrected chi connectivity index (χ1v) is 6.63. The molecule has 0 spiro atoms. The molecule has 6 heteroatoms. The van der Waals surface area contributed by atoms with Gasteiger partial charge in [-0.3, -0.25) is 15.1 Å². The number of rotatable bonds is 4. The first-order chi connectivity index (χ1) is 8.88. The number of guanidine groups is 1. The van der Waals surface area contributed by atoms with E-state index in [0.29, 0.717) is 18.5 Å². The number of aliphatic imine (C=N–C) groups is 1. The summed E-state index contributed by atoms with van der Waals surface area (Å²) in [6.07, 6.45) is 10.1. The van der Waals surface area contributed by atoms with E-state index in [1.807, 2.05) is 16.9 Å². The third kappa shape index (κ3) is 4.03. The van der Waals surface area contributed by atoms with Crippen molar-refractivity contribution in [2.75, 3.05) is 6.54 Å². The van der Waals surface area contributed by atoms with E-state index in [1.165, 1.54) is 32.1 Å². The Morgan fingerprint density at radius 3 is 2.89 bits per heavy atom. The summed E-state index contributed by atoms with van der Waals surface area (Å²) >= 11 is 0. The van der Waals surface area contributed by atoms with Crippen LogP contribution in [0, 0.1) is 0 Å². The molecule has 0 atom stereocenters. The van der Waals surface area contributed by atoms with E-state index < -0.39 is 0 Å². The molecule has 1 fully saturated rings. The van der Waals surface area contributed by atoms with Crippen LogP contribution in [0.5, 0.6) is 0 Å². The lowest BCUT2D eigenvalue weighted by atomic mass is 9.96. The number of nitrogens with two attached hydrogens (primary N) is 1. The molecule has 100 valence electrons. The van der Waals surface area contributed by atoms with Crippen LogP contribution < -0.4 is 16.6 Å². The second-order valence-corrected chi connectivity index (χ2v) is 4.62. The fourth-order valence-electron chi connectivity index (χ4n) is 2.27. The second-order valence-electron chi connectivity index (χ2n) is 4.62. The molecule has 0 saturated heterocycles. The predicted octanol–water partition coefficient (Wildman–Crippen LogP) is 0.625. The molecule has 0 aromatic carbocycles. The third-order valence-electron chi connectivity index (χ3n) is 3.24. The van der Waals surface area contributed by atoms with E-state index >= 15 is 0 Å². The Hall–Kier alpha value is -1.56. The van der Waals surface area contributed by atoms with Crippen molar-refractivity contribution in [2.45, 2.75) is 44.7 Å². The summed E-state index contributed by atoms with van der Waals surface area (Å²) in [6, 6.07) is 2.42. The molecule has 1 aliphatic carbocycles. The highest BCUT2D eigenvalue weighted by molar-refractivity contribution is 5.79. The Bertz CT molecular complexity index is 353. The van der Waals surface area contributed by atoms with Crippen LogP contribution in [0.3, 0.4) is 0 Å². The Morgan fingerprint density at radius 1 is 1.39 bits per heavy atom. The van der Waals surface area contributed by atoms with Crippen LogP contribution in [0.4, 0.5) is 0 Å². The summed E-state index contributed by atoms with van der Waals surface area (Å²) in [5.41, 5.74) is 2.64. The van der Waals surface area contributed by atoms with E-state index in [1.54, 1.807) is 6.20 Å². The van der Waals surface area contributed by atoms with E-state index in [4.69, 9.17) is 5.84 Å². The van der Waals surface area contributed by atoms with Crippen LogP contribution in [0.25, 0.3) is 0 Å². The number of hydrogen-bond acceptors (Lipinski definition) is 3. The van der Waals surface area contributed by atoms with Crippen LogP contribution in [-0.2, 0) is 6.54 Å². The molecule has 1 aromatic rings. The molecule has 6 nitrogen and oxygen atoms in total. The molecule has 4 N–H and O–H groups in total. The Labute approximate surface area is 108 Å². The molecule has 0 amide bonds. The van der Waals surface area contributed by atoms with Gasteiger partial charge in [-0.25, -0.2) is 5.84 Å². The summed E-state index contributed by atoms with van der Waals surface area (Å²) < 4.78 is 1.86. The summed E-state index contributed by atoms with van der Waals surface area (Å²) in [5, 5.41) is 7.50. The molecule has 0 radical (unpaired) electrons. The van der Waals surface area contributed by atoms with Gasteiger partial charge >= 0.3 is 0 Å². The number of nitrogens with zero attached hydrogens (tertiary/aromatic N) is 3. The van der Waals surface area contributed by atoms with Gasteiger partial charge in [-0.05, 0) is 18.9 Å². The maximum atomic E-state index is 5.48. The minimum absolute atomic E-state index is 0.512. The lowest BCUT2D eigenvalue weighted by Crippen LogP contribution is -2.47. The highest BCUT2D eigenvalue weighted by Crippen LogP contribution is 2.17. The van der Waals surface area contributed by atoms with E-state index in [-0.39, 0.29) is 0 Å². The summed E-state index contributed by atoms with van der Waals surface area (Å²) in [6.45, 7) is 1.44. The van der Waals surface area contributed by atoms with Crippen molar-refractivity contribution in [2.24, 2.45) is 10.8 Å². The highest BCUT2D eigenvalue weighted by Gasteiger charge is 2.13. The van der Waals surface area contributed by atoms with Gasteiger partial charge in [0, 0.05) is 18.4 Å². The molecule has 1 saturated carbocycles.